The average molecular weight is 562 g/mol. The molecular weight excluding hydrogens is 523 g/mol. The number of likely N-dealkylation sites (N-methyl/N-ethyl adjacent to an activating group) is 1. The molecule has 0 bridgehead atoms. The molecule has 1 fully saturated rings. The molecule has 1 saturated heterocycles. The summed E-state index contributed by atoms with van der Waals surface area (Å²) in [6.45, 7) is 14.1. The first-order valence-corrected chi connectivity index (χ1v) is 13.2. The van der Waals surface area contributed by atoms with E-state index in [0.717, 1.165) is 38.4 Å². The summed E-state index contributed by atoms with van der Waals surface area (Å²) in [4.78, 5) is 29.2. The van der Waals surface area contributed by atoms with Crippen LogP contribution in [0.5, 0.6) is 0 Å². The van der Waals surface area contributed by atoms with Crippen molar-refractivity contribution in [3.8, 4) is 0 Å². The Morgan fingerprint density at radius 2 is 1.79 bits per heavy atom. The van der Waals surface area contributed by atoms with Gasteiger partial charge in [0.1, 0.15) is 19.2 Å². The first-order chi connectivity index (χ1) is 18.5. The van der Waals surface area contributed by atoms with Crippen molar-refractivity contribution < 1.29 is 14.3 Å². The summed E-state index contributed by atoms with van der Waals surface area (Å²) in [5.41, 5.74) is 2.19. The highest BCUT2D eigenvalue weighted by Gasteiger charge is 2.16. The van der Waals surface area contributed by atoms with Crippen molar-refractivity contribution in [2.75, 3.05) is 39.8 Å². The van der Waals surface area contributed by atoms with Crippen LogP contribution in [0.1, 0.15) is 26.7 Å². The van der Waals surface area contributed by atoms with Crippen molar-refractivity contribution >= 4 is 42.6 Å². The minimum absolute atomic E-state index is 0.322. The Balaban J connectivity index is 0.00000172. The number of rotatable bonds is 8. The molecule has 3 rings (SSSR count). The van der Waals surface area contributed by atoms with E-state index in [0.29, 0.717) is 34.4 Å². The second-order valence-electron chi connectivity index (χ2n) is 8.02. The summed E-state index contributed by atoms with van der Waals surface area (Å²) in [5, 5.41) is 3.64. The Morgan fingerprint density at radius 1 is 1.11 bits per heavy atom. The Bertz CT molecular complexity index is 1040. The maximum atomic E-state index is 12.6. The summed E-state index contributed by atoms with van der Waals surface area (Å²) in [6, 6.07) is 0. The van der Waals surface area contributed by atoms with Gasteiger partial charge < -0.3 is 24.6 Å². The molecule has 0 atom stereocenters. The van der Waals surface area contributed by atoms with Crippen LogP contribution in [0.4, 0.5) is 0 Å². The van der Waals surface area contributed by atoms with Gasteiger partial charge in [0.05, 0.1) is 10.7 Å². The van der Waals surface area contributed by atoms with E-state index < -0.39 is 0 Å². The number of nitrogens with zero attached hydrogens (tertiary/aromatic N) is 3. The van der Waals surface area contributed by atoms with E-state index in [9.17, 15) is 4.79 Å². The number of hydrogen-bond donors (Lipinski definition) is 1. The number of piperazine rings is 1. The van der Waals surface area contributed by atoms with Gasteiger partial charge in [0.25, 0.3) is 5.91 Å². The smallest absolute Gasteiger partial charge is 0.255 e. The van der Waals surface area contributed by atoms with Crippen molar-refractivity contribution in [2.45, 2.75) is 26.7 Å². The number of halogens is 2. The number of carbonyl (C=O) groups excluding carboxylic acids is 2. The second-order valence-corrected chi connectivity index (χ2v) is 8.88. The molecule has 7 nitrogen and oxygen atoms in total. The maximum absolute atomic E-state index is 12.6. The van der Waals surface area contributed by atoms with Crippen LogP contribution in [0, 0.1) is 0 Å². The standard InChI is InChI=1S/C26H30Cl2N4O2.C2H6.CH2O/c1-29-19-21(30-26(33)20-6-3-10-24(27)25(28)18-20)7-5-17-34-23-9-4-8-22(11-12-23)32-15-13-31(2)14-16-32;2*1-2/h3-7,9,11-12,18-19H,1,8,10,13-17H2,2H3,(H,30,33);1-2H3;1H2/b7-5-,21-19+;;. The van der Waals surface area contributed by atoms with Crippen LogP contribution >= 0.6 is 23.2 Å². The van der Waals surface area contributed by atoms with Crippen molar-refractivity contribution in [3.05, 3.63) is 93.7 Å². The molecule has 0 aromatic heterocycles. The number of ether oxygens (including phenoxy) is 1. The first-order valence-electron chi connectivity index (χ1n) is 12.4. The average Bonchev–Trinajstić information content (AvgIpc) is 3.27. The highest BCUT2D eigenvalue weighted by atomic mass is 35.5. The predicted octanol–water partition coefficient (Wildman–Crippen LogP) is 5.61. The number of nitrogens with one attached hydrogen (secondary N) is 1. The second kappa shape index (κ2) is 19.0. The van der Waals surface area contributed by atoms with Crippen LogP contribution in [0.2, 0.25) is 0 Å². The first kappa shape index (κ1) is 32.9. The topological polar surface area (TPSA) is 74.2 Å². The summed E-state index contributed by atoms with van der Waals surface area (Å²) in [7, 11) is 2.16. The Labute approximate surface area is 236 Å². The zero-order valence-electron chi connectivity index (χ0n) is 22.5. The molecular formula is C29H38Cl2N4O3. The molecule has 0 spiro atoms. The zero-order valence-corrected chi connectivity index (χ0v) is 24.0. The summed E-state index contributed by atoms with van der Waals surface area (Å²) >= 11 is 12.2. The molecule has 9 heteroatoms. The third-order valence-corrected chi connectivity index (χ3v) is 6.28. The molecule has 0 radical (unpaired) electrons. The van der Waals surface area contributed by atoms with Gasteiger partial charge in [-0.2, -0.15) is 0 Å². The van der Waals surface area contributed by atoms with Crippen LogP contribution in [-0.4, -0.2) is 69.0 Å². The molecule has 1 aliphatic heterocycles. The number of hydrogen-bond acceptors (Lipinski definition) is 6. The van der Waals surface area contributed by atoms with E-state index >= 15 is 0 Å². The molecule has 2 aliphatic carbocycles. The minimum Gasteiger partial charge on any atom is -0.490 e. The molecule has 0 saturated carbocycles. The van der Waals surface area contributed by atoms with Gasteiger partial charge >= 0.3 is 0 Å². The SMILES string of the molecule is C=N/C=C(\C=C/COC1=CC=C(N2CCN(C)CC2)CC=C1)NC(=O)C1=CC(Cl)=C(Cl)CC=C1.C=O.CC. The summed E-state index contributed by atoms with van der Waals surface area (Å²) in [5.74, 6) is 0.467. The van der Waals surface area contributed by atoms with Gasteiger partial charge in [0.2, 0.25) is 0 Å². The van der Waals surface area contributed by atoms with E-state index in [1.54, 1.807) is 24.3 Å². The van der Waals surface area contributed by atoms with Crippen molar-refractivity contribution in [3.63, 3.8) is 0 Å². The van der Waals surface area contributed by atoms with Crippen LogP contribution in [0.15, 0.2) is 98.7 Å². The van der Waals surface area contributed by atoms with E-state index in [-0.39, 0.29) is 5.91 Å². The lowest BCUT2D eigenvalue weighted by Gasteiger charge is -2.35. The molecule has 38 heavy (non-hydrogen) atoms. The van der Waals surface area contributed by atoms with Crippen LogP contribution in [0.3, 0.4) is 0 Å². The van der Waals surface area contributed by atoms with Gasteiger partial charge in [-0.05, 0) is 50.2 Å². The van der Waals surface area contributed by atoms with Gasteiger partial charge in [-0.15, -0.1) is 0 Å². The highest BCUT2D eigenvalue weighted by Crippen LogP contribution is 2.24. The zero-order chi connectivity index (χ0) is 28.3. The quantitative estimate of drug-likeness (QED) is 0.308. The van der Waals surface area contributed by atoms with E-state index in [2.05, 4.69) is 46.0 Å². The van der Waals surface area contributed by atoms with Gasteiger partial charge in [0.15, 0.2) is 0 Å². The van der Waals surface area contributed by atoms with E-state index in [4.69, 9.17) is 32.7 Å². The number of carbonyl (C=O) groups is 2. The largest absolute Gasteiger partial charge is 0.490 e. The summed E-state index contributed by atoms with van der Waals surface area (Å²) in [6.07, 6.45) is 19.7. The van der Waals surface area contributed by atoms with E-state index in [1.807, 2.05) is 38.9 Å². The third-order valence-electron chi connectivity index (χ3n) is 5.49. The Hall–Kier alpha value is -3.13. The molecule has 3 aliphatic rings. The number of amides is 1. The maximum Gasteiger partial charge on any atom is 0.255 e. The Morgan fingerprint density at radius 3 is 2.47 bits per heavy atom. The lowest BCUT2D eigenvalue weighted by atomic mass is 10.2. The molecule has 0 aromatic carbocycles. The third kappa shape index (κ3) is 11.5. The monoisotopic (exact) mass is 560 g/mol. The van der Waals surface area contributed by atoms with Gasteiger partial charge in [-0.25, -0.2) is 0 Å². The molecule has 206 valence electrons. The lowest BCUT2D eigenvalue weighted by Crippen LogP contribution is -2.43. The molecule has 1 N–H and O–H groups in total. The fourth-order valence-electron chi connectivity index (χ4n) is 3.55. The van der Waals surface area contributed by atoms with Gasteiger partial charge in [-0.3, -0.25) is 9.79 Å². The lowest BCUT2D eigenvalue weighted by molar-refractivity contribution is -0.116. The molecule has 0 unspecified atom stereocenters. The fourth-order valence-corrected chi connectivity index (χ4v) is 3.89. The molecule has 0 aromatic rings. The Kier molecular flexibility index (Phi) is 16.5. The van der Waals surface area contributed by atoms with Crippen LogP contribution < -0.4 is 5.32 Å². The van der Waals surface area contributed by atoms with Crippen molar-refractivity contribution in [2.24, 2.45) is 4.99 Å². The van der Waals surface area contributed by atoms with Gasteiger partial charge in [0, 0.05) is 61.5 Å². The fraction of sp³-hybridized carbons (Fsp3) is 0.345. The molecule has 1 amide bonds. The summed E-state index contributed by atoms with van der Waals surface area (Å²) < 4.78 is 5.88. The highest BCUT2D eigenvalue weighted by molar-refractivity contribution is 6.40. The molecule has 1 heterocycles. The number of allylic oxidation sites excluding steroid dienone is 9. The van der Waals surface area contributed by atoms with Crippen molar-refractivity contribution in [1.82, 2.24) is 15.1 Å². The van der Waals surface area contributed by atoms with Crippen molar-refractivity contribution in [1.29, 1.82) is 0 Å². The van der Waals surface area contributed by atoms with Crippen LogP contribution in [0.25, 0.3) is 0 Å². The van der Waals surface area contributed by atoms with E-state index in [1.165, 1.54) is 11.9 Å². The predicted molar refractivity (Wildman–Crippen MR) is 159 cm³/mol. The minimum atomic E-state index is -0.322. The van der Waals surface area contributed by atoms with Crippen LogP contribution in [-0.2, 0) is 14.3 Å². The number of aliphatic imine (C=N–C) groups is 1. The normalized spacial score (nSPS) is 18.1. The van der Waals surface area contributed by atoms with Gasteiger partial charge in [-0.1, -0.05) is 55.3 Å².